The first-order valence-corrected chi connectivity index (χ1v) is 7.20. The number of hydrogen-bond acceptors (Lipinski definition) is 5. The lowest BCUT2D eigenvalue weighted by Crippen LogP contribution is -2.30. The average Bonchev–Trinajstić information content (AvgIpc) is 2.62. The third kappa shape index (κ3) is 4.11. The summed E-state index contributed by atoms with van der Waals surface area (Å²) in [5.41, 5.74) is 1.12. The van der Waals surface area contributed by atoms with Crippen LogP contribution in [0.25, 0.3) is 0 Å². The van der Waals surface area contributed by atoms with E-state index in [1.54, 1.807) is 55.5 Å². The number of hydrogen-bond donors (Lipinski definition) is 1. The van der Waals surface area contributed by atoms with Gasteiger partial charge in [-0.1, -0.05) is 12.1 Å². The summed E-state index contributed by atoms with van der Waals surface area (Å²) in [6.07, 6.45) is -0.788. The Labute approximate surface area is 139 Å². The molecule has 2 aromatic carbocycles. The van der Waals surface area contributed by atoms with Crippen LogP contribution in [0.1, 0.15) is 22.8 Å². The van der Waals surface area contributed by atoms with Crippen molar-refractivity contribution in [1.29, 1.82) is 5.26 Å². The van der Waals surface area contributed by atoms with E-state index in [1.165, 1.54) is 7.11 Å². The minimum atomic E-state index is -0.788. The van der Waals surface area contributed by atoms with Gasteiger partial charge in [0.1, 0.15) is 5.75 Å². The Morgan fingerprint density at radius 2 is 1.79 bits per heavy atom. The van der Waals surface area contributed by atoms with Gasteiger partial charge in [0.05, 0.1) is 30.0 Å². The van der Waals surface area contributed by atoms with E-state index in [-0.39, 0.29) is 5.56 Å². The summed E-state index contributed by atoms with van der Waals surface area (Å²) in [4.78, 5) is 24.0. The molecule has 0 aliphatic heterocycles. The summed E-state index contributed by atoms with van der Waals surface area (Å²) < 4.78 is 10.2. The highest BCUT2D eigenvalue weighted by atomic mass is 16.5. The lowest BCUT2D eigenvalue weighted by molar-refractivity contribution is -0.122. The van der Waals surface area contributed by atoms with Gasteiger partial charge in [-0.15, -0.1) is 0 Å². The van der Waals surface area contributed by atoms with E-state index < -0.39 is 18.0 Å². The molecule has 0 fully saturated rings. The molecule has 6 heteroatoms. The molecule has 24 heavy (non-hydrogen) atoms. The van der Waals surface area contributed by atoms with E-state index in [1.807, 2.05) is 6.07 Å². The summed E-state index contributed by atoms with van der Waals surface area (Å²) in [6.45, 7) is 1.59. The van der Waals surface area contributed by atoms with Gasteiger partial charge in [0.2, 0.25) is 0 Å². The average molecular weight is 324 g/mol. The summed E-state index contributed by atoms with van der Waals surface area (Å²) in [6, 6.07) is 15.0. The molecule has 0 bridgehead atoms. The molecule has 0 saturated carbocycles. The Hall–Kier alpha value is -3.33. The van der Waals surface area contributed by atoms with Gasteiger partial charge >= 0.3 is 5.97 Å². The Bertz CT molecular complexity index is 778. The summed E-state index contributed by atoms with van der Waals surface area (Å²) in [5, 5.41) is 11.4. The van der Waals surface area contributed by atoms with Crippen LogP contribution in [0.2, 0.25) is 0 Å². The zero-order valence-corrected chi connectivity index (χ0v) is 13.3. The Kier molecular flexibility index (Phi) is 5.53. The van der Waals surface area contributed by atoms with Gasteiger partial charge in [-0.25, -0.2) is 4.79 Å². The van der Waals surface area contributed by atoms with Gasteiger partial charge < -0.3 is 14.8 Å². The molecule has 2 aromatic rings. The molecule has 1 N–H and O–H groups in total. The Morgan fingerprint density at radius 3 is 2.42 bits per heavy atom. The largest absolute Gasteiger partial charge is 0.481 e. The van der Waals surface area contributed by atoms with Crippen molar-refractivity contribution in [1.82, 2.24) is 0 Å². The van der Waals surface area contributed by atoms with Crippen LogP contribution in [-0.4, -0.2) is 25.1 Å². The minimum absolute atomic E-state index is 0.263. The second-order valence-corrected chi connectivity index (χ2v) is 4.92. The number of para-hydroxylation sites is 1. The monoisotopic (exact) mass is 324 g/mol. The normalized spacial score (nSPS) is 11.0. The zero-order chi connectivity index (χ0) is 17.5. The fourth-order valence-electron chi connectivity index (χ4n) is 1.98. The predicted molar refractivity (Wildman–Crippen MR) is 87.7 cm³/mol. The van der Waals surface area contributed by atoms with Crippen LogP contribution in [0.3, 0.4) is 0 Å². The molecule has 0 aliphatic carbocycles. The van der Waals surface area contributed by atoms with Crippen molar-refractivity contribution in [3.63, 3.8) is 0 Å². The van der Waals surface area contributed by atoms with Crippen molar-refractivity contribution in [2.24, 2.45) is 0 Å². The van der Waals surface area contributed by atoms with Crippen molar-refractivity contribution >= 4 is 17.6 Å². The maximum absolute atomic E-state index is 12.3. The third-order valence-corrected chi connectivity index (χ3v) is 3.26. The molecule has 0 radical (unpaired) electrons. The van der Waals surface area contributed by atoms with Crippen LogP contribution in [0.4, 0.5) is 5.69 Å². The number of esters is 1. The Balaban J connectivity index is 2.06. The zero-order valence-electron chi connectivity index (χ0n) is 13.3. The minimum Gasteiger partial charge on any atom is -0.481 e. The molecule has 1 amide bonds. The number of rotatable bonds is 5. The number of nitriles is 1. The number of benzene rings is 2. The lowest BCUT2D eigenvalue weighted by Gasteiger charge is -2.16. The SMILES string of the molecule is COC(=O)c1ccccc1NC(=O)C(C)Oc1ccc(C#N)cc1. The summed E-state index contributed by atoms with van der Waals surface area (Å²) >= 11 is 0. The summed E-state index contributed by atoms with van der Waals surface area (Å²) in [7, 11) is 1.28. The molecule has 0 aliphatic rings. The van der Waals surface area contributed by atoms with E-state index in [2.05, 4.69) is 10.1 Å². The van der Waals surface area contributed by atoms with Crippen molar-refractivity contribution in [2.45, 2.75) is 13.0 Å². The van der Waals surface area contributed by atoms with Crippen molar-refractivity contribution in [2.75, 3.05) is 12.4 Å². The van der Waals surface area contributed by atoms with Crippen LogP contribution < -0.4 is 10.1 Å². The second kappa shape index (κ2) is 7.79. The first-order valence-electron chi connectivity index (χ1n) is 7.20. The second-order valence-electron chi connectivity index (χ2n) is 4.92. The molecule has 2 rings (SSSR count). The number of nitrogens with zero attached hydrogens (tertiary/aromatic N) is 1. The van der Waals surface area contributed by atoms with Gasteiger partial charge in [-0.05, 0) is 43.3 Å². The molecule has 0 aromatic heterocycles. The fourth-order valence-corrected chi connectivity index (χ4v) is 1.98. The van der Waals surface area contributed by atoms with Crippen molar-refractivity contribution in [3.05, 3.63) is 59.7 Å². The molecule has 122 valence electrons. The van der Waals surface area contributed by atoms with Crippen LogP contribution >= 0.6 is 0 Å². The number of anilines is 1. The summed E-state index contributed by atoms with van der Waals surface area (Å²) in [5.74, 6) is -0.472. The quantitative estimate of drug-likeness (QED) is 0.854. The van der Waals surface area contributed by atoms with Crippen molar-refractivity contribution < 1.29 is 19.1 Å². The van der Waals surface area contributed by atoms with Gasteiger partial charge in [-0.3, -0.25) is 4.79 Å². The molecular formula is C18H16N2O4. The molecular weight excluding hydrogens is 308 g/mol. The predicted octanol–water partition coefficient (Wildman–Crippen LogP) is 2.75. The van der Waals surface area contributed by atoms with E-state index >= 15 is 0 Å². The number of amides is 1. The number of methoxy groups -OCH3 is 1. The lowest BCUT2D eigenvalue weighted by atomic mass is 10.1. The van der Waals surface area contributed by atoms with Crippen molar-refractivity contribution in [3.8, 4) is 11.8 Å². The highest BCUT2D eigenvalue weighted by molar-refractivity contribution is 6.02. The van der Waals surface area contributed by atoms with Gasteiger partial charge in [0.15, 0.2) is 6.10 Å². The number of carbonyl (C=O) groups is 2. The first kappa shape index (κ1) is 17.0. The first-order chi connectivity index (χ1) is 11.5. The van der Waals surface area contributed by atoms with E-state index in [9.17, 15) is 9.59 Å². The molecule has 1 unspecified atom stereocenters. The van der Waals surface area contributed by atoms with Gasteiger partial charge in [0, 0.05) is 0 Å². The van der Waals surface area contributed by atoms with Crippen LogP contribution in [-0.2, 0) is 9.53 Å². The third-order valence-electron chi connectivity index (χ3n) is 3.26. The number of carbonyl (C=O) groups excluding carboxylic acids is 2. The number of nitrogens with one attached hydrogen (secondary N) is 1. The Morgan fingerprint density at radius 1 is 1.12 bits per heavy atom. The molecule has 0 saturated heterocycles. The molecule has 1 atom stereocenters. The maximum atomic E-state index is 12.3. The molecule has 0 heterocycles. The van der Waals surface area contributed by atoms with E-state index in [0.29, 0.717) is 17.0 Å². The molecule has 6 nitrogen and oxygen atoms in total. The van der Waals surface area contributed by atoms with Crippen LogP contribution in [0, 0.1) is 11.3 Å². The molecule has 0 spiro atoms. The smallest absolute Gasteiger partial charge is 0.339 e. The highest BCUT2D eigenvalue weighted by Crippen LogP contribution is 2.18. The van der Waals surface area contributed by atoms with E-state index in [4.69, 9.17) is 10.00 Å². The van der Waals surface area contributed by atoms with Gasteiger partial charge in [0.25, 0.3) is 5.91 Å². The van der Waals surface area contributed by atoms with E-state index in [0.717, 1.165) is 0 Å². The fraction of sp³-hybridized carbons (Fsp3) is 0.167. The van der Waals surface area contributed by atoms with Gasteiger partial charge in [-0.2, -0.15) is 5.26 Å². The standard InChI is InChI=1S/C18H16N2O4/c1-12(24-14-9-7-13(11-19)8-10-14)17(21)20-16-6-4-3-5-15(16)18(22)23-2/h3-10,12H,1-2H3,(H,20,21). The maximum Gasteiger partial charge on any atom is 0.339 e. The number of ether oxygens (including phenoxy) is 2. The highest BCUT2D eigenvalue weighted by Gasteiger charge is 2.18. The van der Waals surface area contributed by atoms with Crippen LogP contribution in [0.5, 0.6) is 5.75 Å². The topological polar surface area (TPSA) is 88.4 Å². The van der Waals surface area contributed by atoms with Crippen LogP contribution in [0.15, 0.2) is 48.5 Å².